The van der Waals surface area contributed by atoms with Crippen molar-refractivity contribution >= 4 is 23.3 Å². The second kappa shape index (κ2) is 12.7. The van der Waals surface area contributed by atoms with Gasteiger partial charge < -0.3 is 38.5 Å². The number of aryl methyl sites for hydroxylation is 1. The van der Waals surface area contributed by atoms with Crippen molar-refractivity contribution in [3.63, 3.8) is 0 Å². The second-order valence-corrected chi connectivity index (χ2v) is 11.5. The van der Waals surface area contributed by atoms with Gasteiger partial charge in [0.25, 0.3) is 0 Å². The molecule has 34 heavy (non-hydrogen) atoms. The molecule has 4 nitrogen and oxygen atoms in total. The zero-order valence-electron chi connectivity index (χ0n) is 20.8. The Kier molecular flexibility index (Phi) is 10.2. The van der Waals surface area contributed by atoms with Crippen LogP contribution in [0.5, 0.6) is 0 Å². The Morgan fingerprint density at radius 1 is 1.03 bits per heavy atom. The molecule has 0 spiro atoms. The van der Waals surface area contributed by atoms with Gasteiger partial charge in [-0.05, 0) is 56.4 Å². The minimum atomic E-state index is 0. The molecule has 2 aromatic rings. The van der Waals surface area contributed by atoms with Gasteiger partial charge in [-0.1, -0.05) is 29.8 Å². The molecule has 2 aliphatic rings. The van der Waals surface area contributed by atoms with E-state index < -0.39 is 0 Å². The predicted molar refractivity (Wildman–Crippen MR) is 138 cm³/mol. The van der Waals surface area contributed by atoms with E-state index in [1.807, 2.05) is 6.08 Å². The minimum absolute atomic E-state index is 0. The van der Waals surface area contributed by atoms with Crippen molar-refractivity contribution in [3.8, 4) is 10.4 Å². The number of benzene rings is 1. The van der Waals surface area contributed by atoms with Gasteiger partial charge in [-0.3, -0.25) is 4.79 Å². The SMILES string of the molecule is Cc1ccc(-c2ccc(C=CC(=O)N[C@H]3CC[C@H](C[N+](C)(C)C4CCOCC4)CC3)s2)cc1.[I-]. The highest BCUT2D eigenvalue weighted by Crippen LogP contribution is 2.30. The van der Waals surface area contributed by atoms with Crippen LogP contribution in [0.4, 0.5) is 0 Å². The first kappa shape index (κ1) is 27.4. The van der Waals surface area contributed by atoms with Crippen LogP contribution < -0.4 is 29.3 Å². The molecule has 2 heterocycles. The van der Waals surface area contributed by atoms with E-state index in [1.54, 1.807) is 17.4 Å². The van der Waals surface area contributed by atoms with Crippen molar-refractivity contribution in [2.45, 2.75) is 57.5 Å². The summed E-state index contributed by atoms with van der Waals surface area (Å²) in [6.45, 7) is 5.17. The summed E-state index contributed by atoms with van der Waals surface area (Å²) in [4.78, 5) is 14.8. The molecule has 186 valence electrons. The van der Waals surface area contributed by atoms with E-state index in [0.717, 1.165) is 47.4 Å². The van der Waals surface area contributed by atoms with E-state index in [4.69, 9.17) is 4.74 Å². The fourth-order valence-electron chi connectivity index (χ4n) is 5.41. The fourth-order valence-corrected chi connectivity index (χ4v) is 6.33. The summed E-state index contributed by atoms with van der Waals surface area (Å²) < 4.78 is 6.66. The van der Waals surface area contributed by atoms with Gasteiger partial charge in [-0.2, -0.15) is 0 Å². The lowest BCUT2D eigenvalue weighted by molar-refractivity contribution is -0.920. The highest BCUT2D eigenvalue weighted by atomic mass is 127. The van der Waals surface area contributed by atoms with E-state index in [0.29, 0.717) is 6.04 Å². The maximum atomic E-state index is 12.5. The third kappa shape index (κ3) is 7.64. The Bertz CT molecular complexity index is 940. The average Bonchev–Trinajstić information content (AvgIpc) is 3.29. The number of nitrogens with zero attached hydrogens (tertiary/aromatic N) is 1. The van der Waals surface area contributed by atoms with Crippen LogP contribution in [0.2, 0.25) is 0 Å². The summed E-state index contributed by atoms with van der Waals surface area (Å²) in [5, 5.41) is 3.24. The van der Waals surface area contributed by atoms with E-state index in [9.17, 15) is 4.79 Å². The average molecular weight is 595 g/mol. The molecule has 6 heteroatoms. The molecule has 1 saturated heterocycles. The molecule has 1 aliphatic heterocycles. The van der Waals surface area contributed by atoms with Gasteiger partial charge in [0, 0.05) is 40.6 Å². The van der Waals surface area contributed by atoms with Crippen LogP contribution in [0.15, 0.2) is 42.5 Å². The van der Waals surface area contributed by atoms with Gasteiger partial charge in [-0.15, -0.1) is 11.3 Å². The van der Waals surface area contributed by atoms with E-state index in [-0.39, 0.29) is 29.9 Å². The van der Waals surface area contributed by atoms with Crippen LogP contribution in [0.25, 0.3) is 16.5 Å². The first-order valence-corrected chi connectivity index (χ1v) is 13.3. The zero-order chi connectivity index (χ0) is 23.3. The molecule has 1 aromatic carbocycles. The van der Waals surface area contributed by atoms with Crippen LogP contribution in [-0.2, 0) is 9.53 Å². The molecule has 1 aliphatic carbocycles. The smallest absolute Gasteiger partial charge is 0.244 e. The van der Waals surface area contributed by atoms with Crippen LogP contribution in [0, 0.1) is 12.8 Å². The fraction of sp³-hybridized carbons (Fsp3) is 0.536. The topological polar surface area (TPSA) is 38.3 Å². The number of ether oxygens (including phenoxy) is 1. The third-order valence-corrected chi connectivity index (χ3v) is 8.56. The van der Waals surface area contributed by atoms with E-state index >= 15 is 0 Å². The van der Waals surface area contributed by atoms with Gasteiger partial charge in [0.2, 0.25) is 5.91 Å². The number of amides is 1. The Balaban J connectivity index is 0.00000324. The van der Waals surface area contributed by atoms with Crippen molar-refractivity contribution in [1.82, 2.24) is 5.32 Å². The van der Waals surface area contributed by atoms with Crippen molar-refractivity contribution < 1.29 is 38.0 Å². The molecule has 0 unspecified atom stereocenters. The summed E-state index contributed by atoms with van der Waals surface area (Å²) in [6.07, 6.45) is 10.6. The number of rotatable bonds is 7. The minimum Gasteiger partial charge on any atom is -1.00 e. The Morgan fingerprint density at radius 3 is 2.38 bits per heavy atom. The number of carbonyl (C=O) groups excluding carboxylic acids is 1. The molecule has 1 aromatic heterocycles. The van der Waals surface area contributed by atoms with Crippen molar-refractivity contribution in [2.75, 3.05) is 33.9 Å². The largest absolute Gasteiger partial charge is 1.00 e. The lowest BCUT2D eigenvalue weighted by Crippen LogP contribution is -3.00. The maximum absolute atomic E-state index is 12.5. The molecule has 1 N–H and O–H groups in total. The van der Waals surface area contributed by atoms with Gasteiger partial charge in [0.1, 0.15) is 0 Å². The lowest BCUT2D eigenvalue weighted by atomic mass is 9.84. The van der Waals surface area contributed by atoms with Gasteiger partial charge in [0.15, 0.2) is 0 Å². The van der Waals surface area contributed by atoms with Crippen LogP contribution in [0.3, 0.4) is 0 Å². The quantitative estimate of drug-likeness (QED) is 0.304. The maximum Gasteiger partial charge on any atom is 0.244 e. The zero-order valence-corrected chi connectivity index (χ0v) is 23.7. The number of halogens is 1. The van der Waals surface area contributed by atoms with Gasteiger partial charge in [0.05, 0.1) is 39.9 Å². The standard InChI is InChI=1S/C28H38N2O2S.HI/c1-21-4-8-23(9-5-21)27-14-12-26(33-27)13-15-28(31)29-24-10-6-22(7-11-24)20-30(2,3)25-16-18-32-19-17-25;/h4-5,8-9,12-15,22,24-25H,6-7,10-11,16-20H2,1-3H3;1H/t22-,24-;. The number of thiophene rings is 1. The summed E-state index contributed by atoms with van der Waals surface area (Å²) in [5.41, 5.74) is 2.49. The number of quaternary nitrogens is 1. The molecule has 1 saturated carbocycles. The van der Waals surface area contributed by atoms with E-state index in [2.05, 4.69) is 62.7 Å². The molecule has 4 rings (SSSR count). The molecular formula is C28H39IN2O2S. The van der Waals surface area contributed by atoms with Crippen molar-refractivity contribution in [1.29, 1.82) is 0 Å². The molecular weight excluding hydrogens is 555 g/mol. The Morgan fingerprint density at radius 2 is 1.71 bits per heavy atom. The first-order valence-electron chi connectivity index (χ1n) is 12.4. The second-order valence-electron chi connectivity index (χ2n) is 10.4. The monoisotopic (exact) mass is 594 g/mol. The number of hydrogen-bond acceptors (Lipinski definition) is 3. The number of nitrogens with one attached hydrogen (secondary N) is 1. The molecule has 0 radical (unpaired) electrons. The van der Waals surface area contributed by atoms with E-state index in [1.165, 1.54) is 48.2 Å². The summed E-state index contributed by atoms with van der Waals surface area (Å²) in [7, 11) is 4.78. The highest BCUT2D eigenvalue weighted by molar-refractivity contribution is 7.16. The predicted octanol–water partition coefficient (Wildman–Crippen LogP) is 2.67. The summed E-state index contributed by atoms with van der Waals surface area (Å²) in [5.74, 6) is 0.792. The van der Waals surface area contributed by atoms with Crippen molar-refractivity contribution in [3.05, 3.63) is 52.9 Å². The Labute approximate surface area is 226 Å². The van der Waals surface area contributed by atoms with Crippen molar-refractivity contribution in [2.24, 2.45) is 5.92 Å². The number of carbonyl (C=O) groups is 1. The van der Waals surface area contributed by atoms with Crippen LogP contribution in [0.1, 0.15) is 49.0 Å². The van der Waals surface area contributed by atoms with Gasteiger partial charge in [-0.25, -0.2) is 0 Å². The molecule has 0 bridgehead atoms. The summed E-state index contributed by atoms with van der Waals surface area (Å²) >= 11 is 1.72. The highest BCUT2D eigenvalue weighted by Gasteiger charge is 2.34. The van der Waals surface area contributed by atoms with Gasteiger partial charge >= 0.3 is 0 Å². The third-order valence-electron chi connectivity index (χ3n) is 7.46. The number of hydrogen-bond donors (Lipinski definition) is 1. The first-order chi connectivity index (χ1) is 15.9. The normalized spacial score (nSPS) is 21.9. The van der Waals surface area contributed by atoms with Crippen LogP contribution >= 0.6 is 11.3 Å². The summed E-state index contributed by atoms with van der Waals surface area (Å²) in [6, 6.07) is 13.8. The molecule has 2 fully saturated rings. The molecule has 0 atom stereocenters. The Hall–Kier alpha value is -1.22. The van der Waals surface area contributed by atoms with Crippen LogP contribution in [-0.4, -0.2) is 56.3 Å². The molecule has 1 amide bonds. The lowest BCUT2D eigenvalue weighted by Gasteiger charge is -2.43.